The fourth-order valence-electron chi connectivity index (χ4n) is 6.09. The first-order valence-corrected chi connectivity index (χ1v) is 15.2. The molecule has 1 N–H and O–H groups in total. The number of thiophene rings is 1. The second kappa shape index (κ2) is 11.5. The van der Waals surface area contributed by atoms with Crippen LogP contribution in [0.5, 0.6) is 5.75 Å². The number of rotatable bonds is 9. The normalized spacial score (nSPS) is 20.6. The minimum Gasteiger partial charge on any atom is -0.494 e. The van der Waals surface area contributed by atoms with Crippen molar-refractivity contribution in [2.75, 3.05) is 44.6 Å². The molecule has 38 heavy (non-hydrogen) atoms. The zero-order valence-corrected chi connectivity index (χ0v) is 23.7. The van der Waals surface area contributed by atoms with E-state index in [1.54, 1.807) is 17.7 Å². The average molecular weight is 536 g/mol. The molecule has 0 unspecified atom stereocenters. The number of hydrogen-bond donors (Lipinski definition) is 1. The fourth-order valence-corrected chi connectivity index (χ4v) is 7.16. The van der Waals surface area contributed by atoms with E-state index >= 15 is 0 Å². The molecule has 2 fully saturated rings. The molecule has 6 rings (SSSR count). The van der Waals surface area contributed by atoms with Crippen LogP contribution < -0.4 is 10.1 Å². The number of nitrogens with zero attached hydrogens (tertiary/aromatic N) is 4. The van der Waals surface area contributed by atoms with Crippen LogP contribution in [0.4, 0.5) is 5.82 Å². The summed E-state index contributed by atoms with van der Waals surface area (Å²) in [6.07, 6.45) is 8.64. The molecule has 7 nitrogen and oxygen atoms in total. The number of hydrogen-bond acceptors (Lipinski definition) is 8. The predicted octanol–water partition coefficient (Wildman–Crippen LogP) is 5.48. The Balaban J connectivity index is 1.01. The molecule has 3 aromatic rings. The molecule has 3 aliphatic heterocycles. The molecule has 0 atom stereocenters. The van der Waals surface area contributed by atoms with Crippen molar-refractivity contribution in [1.82, 2.24) is 19.8 Å². The van der Waals surface area contributed by atoms with Gasteiger partial charge in [-0.15, -0.1) is 11.3 Å². The Bertz CT molecular complexity index is 1230. The van der Waals surface area contributed by atoms with Gasteiger partial charge in [-0.05, 0) is 82.3 Å². The van der Waals surface area contributed by atoms with Crippen LogP contribution in [-0.4, -0.2) is 70.7 Å². The Morgan fingerprint density at radius 2 is 1.95 bits per heavy atom. The molecule has 0 amide bonds. The van der Waals surface area contributed by atoms with E-state index in [-0.39, 0.29) is 5.60 Å². The number of piperidine rings is 1. The molecule has 0 radical (unpaired) electrons. The molecule has 0 bridgehead atoms. The first-order valence-electron chi connectivity index (χ1n) is 14.3. The van der Waals surface area contributed by atoms with Crippen molar-refractivity contribution in [2.24, 2.45) is 0 Å². The van der Waals surface area contributed by atoms with Crippen LogP contribution in [0.25, 0.3) is 10.2 Å². The average Bonchev–Trinajstić information content (AvgIpc) is 3.56. The van der Waals surface area contributed by atoms with Gasteiger partial charge in [-0.1, -0.05) is 12.1 Å². The topological polar surface area (TPSA) is 62.8 Å². The smallest absolute Gasteiger partial charge is 0.138 e. The Morgan fingerprint density at radius 1 is 1.11 bits per heavy atom. The van der Waals surface area contributed by atoms with Crippen LogP contribution in [0.2, 0.25) is 0 Å². The van der Waals surface area contributed by atoms with E-state index in [0.29, 0.717) is 12.6 Å². The molecule has 8 heteroatoms. The van der Waals surface area contributed by atoms with Crippen molar-refractivity contribution in [2.45, 2.75) is 77.2 Å². The van der Waals surface area contributed by atoms with Gasteiger partial charge in [0.15, 0.2) is 0 Å². The van der Waals surface area contributed by atoms with Crippen LogP contribution in [0.15, 0.2) is 30.6 Å². The minimum absolute atomic E-state index is 0.143. The van der Waals surface area contributed by atoms with Crippen LogP contribution >= 0.6 is 11.3 Å². The Labute approximate surface area is 230 Å². The molecule has 2 aromatic heterocycles. The summed E-state index contributed by atoms with van der Waals surface area (Å²) in [5, 5.41) is 5.01. The lowest BCUT2D eigenvalue weighted by molar-refractivity contribution is -0.0379. The zero-order chi connectivity index (χ0) is 26.0. The molecule has 2 saturated heterocycles. The van der Waals surface area contributed by atoms with Gasteiger partial charge in [-0.2, -0.15) is 0 Å². The van der Waals surface area contributed by atoms with Gasteiger partial charge >= 0.3 is 0 Å². The molecule has 1 aromatic carbocycles. The zero-order valence-electron chi connectivity index (χ0n) is 22.9. The minimum atomic E-state index is -0.143. The van der Waals surface area contributed by atoms with E-state index in [2.05, 4.69) is 58.2 Å². The van der Waals surface area contributed by atoms with E-state index in [0.717, 1.165) is 74.9 Å². The molecule has 0 aliphatic carbocycles. The molecule has 5 heterocycles. The monoisotopic (exact) mass is 535 g/mol. The summed E-state index contributed by atoms with van der Waals surface area (Å²) < 4.78 is 12.1. The highest BCUT2D eigenvalue weighted by molar-refractivity contribution is 7.18. The quantitative estimate of drug-likeness (QED) is 0.364. The largest absolute Gasteiger partial charge is 0.494 e. The number of likely N-dealkylation sites (tertiary alicyclic amines) is 2. The third-order valence-corrected chi connectivity index (χ3v) is 9.30. The fraction of sp³-hybridized carbons (Fsp3) is 0.600. The van der Waals surface area contributed by atoms with Crippen molar-refractivity contribution in [3.05, 3.63) is 46.6 Å². The van der Waals surface area contributed by atoms with Gasteiger partial charge < -0.3 is 19.7 Å². The Morgan fingerprint density at radius 3 is 2.79 bits per heavy atom. The standard InChI is InChI=1S/C30H41N5O2S/c1-30(2)18-25-26(20-37-30)38-29-27(25)28(31-21-32-29)33-23-9-14-35(15-10-23)19-22-7-5-8-24(17-22)36-16-6-13-34-11-3-4-12-34/h5,7-8,17,21,23H,3-4,6,9-16,18-20H2,1-2H3,(H,31,32,33). The third kappa shape index (κ3) is 6.14. The lowest BCUT2D eigenvalue weighted by atomic mass is 9.94. The van der Waals surface area contributed by atoms with Crippen molar-refractivity contribution >= 4 is 27.4 Å². The van der Waals surface area contributed by atoms with E-state index in [9.17, 15) is 0 Å². The number of anilines is 1. The summed E-state index contributed by atoms with van der Waals surface area (Å²) in [6.45, 7) is 12.6. The van der Waals surface area contributed by atoms with Crippen molar-refractivity contribution < 1.29 is 9.47 Å². The van der Waals surface area contributed by atoms with Gasteiger partial charge in [0.05, 0.1) is 24.2 Å². The number of benzene rings is 1. The van der Waals surface area contributed by atoms with E-state index in [1.807, 2.05) is 0 Å². The van der Waals surface area contributed by atoms with Crippen LogP contribution in [-0.2, 0) is 24.3 Å². The number of aromatic nitrogens is 2. The molecule has 0 saturated carbocycles. The predicted molar refractivity (Wildman–Crippen MR) is 154 cm³/mol. The SMILES string of the molecule is CC1(C)Cc2c(sc3ncnc(NC4CCN(Cc5cccc(OCCCN6CCCC6)c5)CC4)c23)CO1. The van der Waals surface area contributed by atoms with Gasteiger partial charge in [-0.25, -0.2) is 9.97 Å². The van der Waals surface area contributed by atoms with Gasteiger partial charge in [0, 0.05) is 43.5 Å². The molecular weight excluding hydrogens is 494 g/mol. The first kappa shape index (κ1) is 26.0. The summed E-state index contributed by atoms with van der Waals surface area (Å²) in [7, 11) is 0. The maximum Gasteiger partial charge on any atom is 0.138 e. The maximum atomic E-state index is 6.09. The maximum absolute atomic E-state index is 6.09. The van der Waals surface area contributed by atoms with Crippen molar-refractivity contribution in [1.29, 1.82) is 0 Å². The molecule has 204 valence electrons. The van der Waals surface area contributed by atoms with Gasteiger partial charge in [0.25, 0.3) is 0 Å². The van der Waals surface area contributed by atoms with Crippen LogP contribution in [0.1, 0.15) is 62.0 Å². The molecular formula is C30H41N5O2S. The van der Waals surface area contributed by atoms with Crippen LogP contribution in [0.3, 0.4) is 0 Å². The highest BCUT2D eigenvalue weighted by Crippen LogP contribution is 2.40. The summed E-state index contributed by atoms with van der Waals surface area (Å²) in [5.74, 6) is 2.00. The number of ether oxygens (including phenoxy) is 2. The summed E-state index contributed by atoms with van der Waals surface area (Å²) in [6, 6.07) is 9.10. The van der Waals surface area contributed by atoms with Gasteiger partial charge in [-0.3, -0.25) is 4.90 Å². The van der Waals surface area contributed by atoms with Gasteiger partial charge in [0.2, 0.25) is 0 Å². The second-order valence-electron chi connectivity index (χ2n) is 11.7. The Hall–Kier alpha value is -2.26. The Kier molecular flexibility index (Phi) is 7.84. The highest BCUT2D eigenvalue weighted by Gasteiger charge is 2.31. The van der Waals surface area contributed by atoms with Crippen LogP contribution in [0, 0.1) is 0 Å². The first-order chi connectivity index (χ1) is 18.5. The van der Waals surface area contributed by atoms with Crippen molar-refractivity contribution in [3.8, 4) is 5.75 Å². The summed E-state index contributed by atoms with van der Waals surface area (Å²) >= 11 is 1.75. The second-order valence-corrected chi connectivity index (χ2v) is 12.8. The summed E-state index contributed by atoms with van der Waals surface area (Å²) in [5.41, 5.74) is 2.57. The molecule has 3 aliphatic rings. The van der Waals surface area contributed by atoms with E-state index < -0.39 is 0 Å². The highest BCUT2D eigenvalue weighted by atomic mass is 32.1. The van der Waals surface area contributed by atoms with E-state index in [1.165, 1.54) is 47.3 Å². The van der Waals surface area contributed by atoms with E-state index in [4.69, 9.17) is 14.5 Å². The van der Waals surface area contributed by atoms with Crippen molar-refractivity contribution in [3.63, 3.8) is 0 Å². The van der Waals surface area contributed by atoms with Gasteiger partial charge in [0.1, 0.15) is 22.7 Å². The third-order valence-electron chi connectivity index (χ3n) is 8.19. The molecule has 0 spiro atoms. The lowest BCUT2D eigenvalue weighted by Gasteiger charge is -2.33. The lowest BCUT2D eigenvalue weighted by Crippen LogP contribution is -2.38. The summed E-state index contributed by atoms with van der Waals surface area (Å²) in [4.78, 5) is 16.8. The number of nitrogens with one attached hydrogen (secondary N) is 1. The number of fused-ring (bicyclic) bond motifs is 3.